The molecule has 0 unspecified atom stereocenters. The minimum atomic E-state index is 0.690. The minimum absolute atomic E-state index is 0.690. The second-order valence-corrected chi connectivity index (χ2v) is 5.13. The summed E-state index contributed by atoms with van der Waals surface area (Å²) in [5, 5.41) is 12.1. The molecule has 16 heavy (non-hydrogen) atoms. The SMILES string of the molecule is Cc1nnc(CNC2CCCC2)n1C1CC1. The summed E-state index contributed by atoms with van der Waals surface area (Å²) in [6.07, 6.45) is 8.02. The maximum Gasteiger partial charge on any atom is 0.147 e. The lowest BCUT2D eigenvalue weighted by Gasteiger charge is -2.12. The van der Waals surface area contributed by atoms with E-state index in [2.05, 4.69) is 27.0 Å². The van der Waals surface area contributed by atoms with Gasteiger partial charge in [0.05, 0.1) is 6.54 Å². The fourth-order valence-electron chi connectivity index (χ4n) is 2.71. The average Bonchev–Trinajstić information content (AvgIpc) is 2.85. The van der Waals surface area contributed by atoms with Crippen LogP contribution in [0.3, 0.4) is 0 Å². The highest BCUT2D eigenvalue weighted by molar-refractivity contribution is 5.01. The Morgan fingerprint density at radius 1 is 1.19 bits per heavy atom. The summed E-state index contributed by atoms with van der Waals surface area (Å²) in [7, 11) is 0. The third-order valence-electron chi connectivity index (χ3n) is 3.75. The van der Waals surface area contributed by atoms with Gasteiger partial charge in [-0.3, -0.25) is 0 Å². The molecule has 0 saturated heterocycles. The average molecular weight is 220 g/mol. The largest absolute Gasteiger partial charge is 0.311 e. The maximum atomic E-state index is 4.29. The molecule has 0 aliphatic heterocycles. The van der Waals surface area contributed by atoms with E-state index in [9.17, 15) is 0 Å². The minimum Gasteiger partial charge on any atom is -0.311 e. The van der Waals surface area contributed by atoms with Crippen LogP contribution in [0.5, 0.6) is 0 Å². The zero-order valence-corrected chi connectivity index (χ0v) is 9.95. The van der Waals surface area contributed by atoms with Crippen LogP contribution < -0.4 is 5.32 Å². The van der Waals surface area contributed by atoms with Gasteiger partial charge in [0.25, 0.3) is 0 Å². The highest BCUT2D eigenvalue weighted by atomic mass is 15.3. The van der Waals surface area contributed by atoms with Gasteiger partial charge in [-0.1, -0.05) is 12.8 Å². The van der Waals surface area contributed by atoms with Gasteiger partial charge in [0.15, 0.2) is 0 Å². The van der Waals surface area contributed by atoms with E-state index in [1.807, 2.05) is 0 Å². The van der Waals surface area contributed by atoms with Crippen LogP contribution in [0.1, 0.15) is 56.2 Å². The number of nitrogens with zero attached hydrogens (tertiary/aromatic N) is 3. The van der Waals surface area contributed by atoms with Crippen molar-refractivity contribution in [1.29, 1.82) is 0 Å². The first-order valence-corrected chi connectivity index (χ1v) is 6.48. The molecule has 3 rings (SSSR count). The maximum absolute atomic E-state index is 4.29. The van der Waals surface area contributed by atoms with Gasteiger partial charge in [0, 0.05) is 12.1 Å². The van der Waals surface area contributed by atoms with Gasteiger partial charge < -0.3 is 9.88 Å². The van der Waals surface area contributed by atoms with E-state index in [-0.39, 0.29) is 0 Å². The molecule has 4 heteroatoms. The van der Waals surface area contributed by atoms with E-state index in [4.69, 9.17) is 0 Å². The molecular weight excluding hydrogens is 200 g/mol. The van der Waals surface area contributed by atoms with E-state index in [0.717, 1.165) is 18.2 Å². The number of rotatable bonds is 4. The third-order valence-corrected chi connectivity index (χ3v) is 3.75. The zero-order valence-electron chi connectivity index (χ0n) is 9.95. The molecule has 0 amide bonds. The fraction of sp³-hybridized carbons (Fsp3) is 0.833. The Balaban J connectivity index is 1.64. The van der Waals surface area contributed by atoms with Crippen molar-refractivity contribution < 1.29 is 0 Å². The summed E-state index contributed by atoms with van der Waals surface area (Å²) in [4.78, 5) is 0. The van der Waals surface area contributed by atoms with Crippen LogP contribution in [0, 0.1) is 6.92 Å². The molecule has 2 aliphatic carbocycles. The molecule has 1 aromatic rings. The highest BCUT2D eigenvalue weighted by Crippen LogP contribution is 2.36. The number of aryl methyl sites for hydroxylation is 1. The molecule has 2 aliphatic rings. The normalized spacial score (nSPS) is 21.8. The summed E-state index contributed by atoms with van der Waals surface area (Å²) in [5.74, 6) is 2.21. The number of aromatic nitrogens is 3. The lowest BCUT2D eigenvalue weighted by Crippen LogP contribution is -2.27. The van der Waals surface area contributed by atoms with Gasteiger partial charge in [0.1, 0.15) is 11.6 Å². The molecule has 0 radical (unpaired) electrons. The van der Waals surface area contributed by atoms with Crippen molar-refractivity contribution in [3.05, 3.63) is 11.6 Å². The summed E-state index contributed by atoms with van der Waals surface area (Å²) in [6, 6.07) is 1.40. The van der Waals surface area contributed by atoms with Gasteiger partial charge in [-0.15, -0.1) is 10.2 Å². The van der Waals surface area contributed by atoms with Gasteiger partial charge in [-0.2, -0.15) is 0 Å². The van der Waals surface area contributed by atoms with Crippen molar-refractivity contribution in [2.24, 2.45) is 0 Å². The Hall–Kier alpha value is -0.900. The lowest BCUT2D eigenvalue weighted by molar-refractivity contribution is 0.498. The van der Waals surface area contributed by atoms with Crippen LogP contribution in [0.15, 0.2) is 0 Å². The van der Waals surface area contributed by atoms with Crippen molar-refractivity contribution in [3.8, 4) is 0 Å². The van der Waals surface area contributed by atoms with Gasteiger partial charge in [-0.25, -0.2) is 0 Å². The zero-order chi connectivity index (χ0) is 11.0. The van der Waals surface area contributed by atoms with Crippen LogP contribution in [0.2, 0.25) is 0 Å². The van der Waals surface area contributed by atoms with Crippen LogP contribution >= 0.6 is 0 Å². The standard InChI is InChI=1S/C12H20N4/c1-9-14-15-12(16(9)11-6-7-11)8-13-10-4-2-3-5-10/h10-11,13H,2-8H2,1H3. The van der Waals surface area contributed by atoms with E-state index in [1.54, 1.807) is 0 Å². The van der Waals surface area contributed by atoms with Gasteiger partial charge >= 0.3 is 0 Å². The number of nitrogens with one attached hydrogen (secondary N) is 1. The van der Waals surface area contributed by atoms with Crippen molar-refractivity contribution in [2.75, 3.05) is 0 Å². The van der Waals surface area contributed by atoms with Crippen LogP contribution in [-0.4, -0.2) is 20.8 Å². The second kappa shape index (κ2) is 4.17. The quantitative estimate of drug-likeness (QED) is 0.843. The Morgan fingerprint density at radius 3 is 2.62 bits per heavy atom. The molecule has 88 valence electrons. The first-order valence-electron chi connectivity index (χ1n) is 6.48. The Labute approximate surface area is 96.4 Å². The van der Waals surface area contributed by atoms with Crippen molar-refractivity contribution in [3.63, 3.8) is 0 Å². The Kier molecular flexibility index (Phi) is 2.67. The predicted octanol–water partition coefficient (Wildman–Crippen LogP) is 1.95. The summed E-state index contributed by atoms with van der Waals surface area (Å²) in [6.45, 7) is 2.95. The molecular formula is C12H20N4. The first-order chi connectivity index (χ1) is 7.84. The molecule has 1 heterocycles. The fourth-order valence-corrected chi connectivity index (χ4v) is 2.71. The van der Waals surface area contributed by atoms with Crippen molar-refractivity contribution >= 4 is 0 Å². The molecule has 1 N–H and O–H groups in total. The van der Waals surface area contributed by atoms with Crippen LogP contribution in [0.4, 0.5) is 0 Å². The molecule has 0 atom stereocenters. The lowest BCUT2D eigenvalue weighted by atomic mass is 10.2. The molecule has 0 bridgehead atoms. The van der Waals surface area contributed by atoms with E-state index in [1.165, 1.54) is 38.5 Å². The van der Waals surface area contributed by atoms with E-state index in [0.29, 0.717) is 12.1 Å². The molecule has 2 saturated carbocycles. The predicted molar refractivity (Wildman–Crippen MR) is 62.1 cm³/mol. The smallest absolute Gasteiger partial charge is 0.147 e. The first kappa shape index (κ1) is 10.3. The molecule has 1 aromatic heterocycles. The van der Waals surface area contributed by atoms with Gasteiger partial charge in [-0.05, 0) is 32.6 Å². The Morgan fingerprint density at radius 2 is 1.94 bits per heavy atom. The molecule has 0 aromatic carbocycles. The van der Waals surface area contributed by atoms with Gasteiger partial charge in [0.2, 0.25) is 0 Å². The van der Waals surface area contributed by atoms with E-state index < -0.39 is 0 Å². The van der Waals surface area contributed by atoms with Crippen molar-refractivity contribution in [1.82, 2.24) is 20.1 Å². The monoisotopic (exact) mass is 220 g/mol. The molecule has 4 nitrogen and oxygen atoms in total. The number of hydrogen-bond acceptors (Lipinski definition) is 3. The van der Waals surface area contributed by atoms with E-state index >= 15 is 0 Å². The third kappa shape index (κ3) is 1.98. The second-order valence-electron chi connectivity index (χ2n) is 5.13. The van der Waals surface area contributed by atoms with Crippen molar-refractivity contribution in [2.45, 2.75) is 64.1 Å². The molecule has 2 fully saturated rings. The summed E-state index contributed by atoms with van der Waals surface area (Å²) < 4.78 is 2.32. The summed E-state index contributed by atoms with van der Waals surface area (Å²) in [5.41, 5.74) is 0. The topological polar surface area (TPSA) is 42.7 Å². The van der Waals surface area contributed by atoms with Crippen LogP contribution in [-0.2, 0) is 6.54 Å². The Bertz CT molecular complexity index is 361. The molecule has 0 spiro atoms. The number of hydrogen-bond donors (Lipinski definition) is 1. The summed E-state index contributed by atoms with van der Waals surface area (Å²) >= 11 is 0. The highest BCUT2D eigenvalue weighted by Gasteiger charge is 2.28. The van der Waals surface area contributed by atoms with Crippen LogP contribution in [0.25, 0.3) is 0 Å².